The quantitative estimate of drug-likeness (QED) is 0.444. The van der Waals surface area contributed by atoms with Crippen molar-refractivity contribution in [3.8, 4) is 0 Å². The fourth-order valence-corrected chi connectivity index (χ4v) is 0.498. The molecule has 5 heavy (non-hydrogen) atoms. The first-order valence-electron chi connectivity index (χ1n) is 1.76. The molecule has 0 unspecified atom stereocenters. The minimum Gasteiger partial charge on any atom is -0.314 e. The summed E-state index contributed by atoms with van der Waals surface area (Å²) in [5.74, 6) is 0. The molecule has 1 radical (unpaired) electrons. The lowest BCUT2D eigenvalue weighted by Crippen LogP contribution is -2.42. The lowest BCUT2D eigenvalue weighted by molar-refractivity contribution is 0.547. The summed E-state index contributed by atoms with van der Waals surface area (Å²) in [5.41, 5.74) is 0. The zero-order valence-electron chi connectivity index (χ0n) is 2.90. The summed E-state index contributed by atoms with van der Waals surface area (Å²) in [6, 6.07) is 0. The molecule has 1 aliphatic rings. The normalized spacial score (nSPS) is 25.8. The fourth-order valence-electron chi connectivity index (χ4n) is 0.262. The van der Waals surface area contributed by atoms with Crippen molar-refractivity contribution < 1.29 is 0 Å². The smallest absolute Gasteiger partial charge is 0.0401 e. The van der Waals surface area contributed by atoms with Gasteiger partial charge in [0.25, 0.3) is 0 Å². The van der Waals surface area contributed by atoms with Crippen molar-refractivity contribution in [2.75, 3.05) is 13.1 Å². The van der Waals surface area contributed by atoms with Gasteiger partial charge >= 0.3 is 0 Å². The van der Waals surface area contributed by atoms with E-state index in [1.54, 1.807) is 0 Å². The van der Waals surface area contributed by atoms with Crippen LogP contribution >= 0.6 is 12.6 Å². The third-order valence-electron chi connectivity index (χ3n) is 0.744. The minimum atomic E-state index is 0.537. The van der Waals surface area contributed by atoms with Crippen LogP contribution < -0.4 is 5.32 Å². The van der Waals surface area contributed by atoms with E-state index in [9.17, 15) is 0 Å². The summed E-state index contributed by atoms with van der Waals surface area (Å²) in [5, 5.41) is 3.59. The average molecular weight is 88.2 g/mol. The summed E-state index contributed by atoms with van der Waals surface area (Å²) >= 11 is 4.80. The molecule has 1 saturated heterocycles. The van der Waals surface area contributed by atoms with E-state index in [0.29, 0.717) is 5.25 Å². The van der Waals surface area contributed by atoms with Crippen LogP contribution in [0.3, 0.4) is 0 Å². The average Bonchev–Trinajstić information content (AvgIpc) is 1.30. The van der Waals surface area contributed by atoms with Gasteiger partial charge in [-0.05, 0) is 0 Å². The Labute approximate surface area is 37.2 Å². The van der Waals surface area contributed by atoms with Crippen molar-refractivity contribution in [2.45, 2.75) is 5.25 Å². The molecule has 1 aliphatic heterocycles. The molecule has 2 heteroatoms. The van der Waals surface area contributed by atoms with Crippen molar-refractivity contribution in [3.05, 3.63) is 0 Å². The van der Waals surface area contributed by atoms with E-state index in [2.05, 4.69) is 5.32 Å². The van der Waals surface area contributed by atoms with E-state index in [4.69, 9.17) is 12.6 Å². The Morgan fingerprint density at radius 2 is 2.00 bits per heavy atom. The van der Waals surface area contributed by atoms with Crippen LogP contribution in [0, 0.1) is 0 Å². The van der Waals surface area contributed by atoms with Gasteiger partial charge in [-0.15, -0.1) is 0 Å². The van der Waals surface area contributed by atoms with E-state index >= 15 is 0 Å². The third-order valence-corrected chi connectivity index (χ3v) is 1.08. The first-order valence-corrected chi connectivity index (χ1v) is 2.23. The molecule has 1 fully saturated rings. The Morgan fingerprint density at radius 3 is 2.00 bits per heavy atom. The molecule has 1 N–H and O–H groups in total. The number of hydrogen-bond acceptors (Lipinski definition) is 1. The number of nitrogens with one attached hydrogen (secondary N) is 1. The first kappa shape index (κ1) is 3.50. The minimum absolute atomic E-state index is 0.537. The van der Waals surface area contributed by atoms with Crippen LogP contribution in [0.1, 0.15) is 0 Å². The predicted octanol–water partition coefficient (Wildman–Crippen LogP) is 0.156. The van der Waals surface area contributed by atoms with E-state index in [0.717, 1.165) is 13.1 Å². The van der Waals surface area contributed by atoms with E-state index in [-0.39, 0.29) is 0 Å². The van der Waals surface area contributed by atoms with Gasteiger partial charge in [0.1, 0.15) is 0 Å². The monoisotopic (exact) mass is 88.0 g/mol. The van der Waals surface area contributed by atoms with Gasteiger partial charge in [-0.2, -0.15) is 0 Å². The van der Waals surface area contributed by atoms with Crippen molar-refractivity contribution in [2.24, 2.45) is 0 Å². The van der Waals surface area contributed by atoms with Crippen molar-refractivity contribution >= 4 is 12.6 Å². The molecular formula is C3H6NS. The number of hydrogen-bond donors (Lipinski definition) is 1. The van der Waals surface area contributed by atoms with Gasteiger partial charge in [0.05, 0.1) is 0 Å². The fraction of sp³-hybridized carbons (Fsp3) is 1.00. The highest BCUT2D eigenvalue weighted by molar-refractivity contribution is 7.81. The Bertz CT molecular complexity index is 33.9. The van der Waals surface area contributed by atoms with Crippen molar-refractivity contribution in [1.82, 2.24) is 5.32 Å². The lowest BCUT2D eigenvalue weighted by atomic mass is 10.3. The maximum Gasteiger partial charge on any atom is 0.0401 e. The van der Waals surface area contributed by atoms with Crippen LogP contribution in [0.25, 0.3) is 0 Å². The molecule has 0 aromatic heterocycles. The molecule has 0 aromatic carbocycles. The highest BCUT2D eigenvalue weighted by atomic mass is 32.1. The van der Waals surface area contributed by atoms with Crippen LogP contribution in [0.5, 0.6) is 0 Å². The number of rotatable bonds is 0. The van der Waals surface area contributed by atoms with Crippen LogP contribution in [0.2, 0.25) is 0 Å². The van der Waals surface area contributed by atoms with E-state index in [1.165, 1.54) is 0 Å². The van der Waals surface area contributed by atoms with Crippen LogP contribution in [0.4, 0.5) is 0 Å². The van der Waals surface area contributed by atoms with Gasteiger partial charge in [0.2, 0.25) is 0 Å². The maximum absolute atomic E-state index is 4.80. The molecule has 0 aliphatic carbocycles. The maximum atomic E-state index is 4.80. The summed E-state index contributed by atoms with van der Waals surface area (Å²) in [4.78, 5) is 0. The third kappa shape index (κ3) is 0.578. The summed E-state index contributed by atoms with van der Waals surface area (Å²) < 4.78 is 0. The van der Waals surface area contributed by atoms with E-state index < -0.39 is 0 Å². The van der Waals surface area contributed by atoms with Gasteiger partial charge in [-0.3, -0.25) is 0 Å². The molecule has 0 aromatic rings. The largest absolute Gasteiger partial charge is 0.314 e. The second-order valence-electron chi connectivity index (χ2n) is 1.28. The summed E-state index contributed by atoms with van der Waals surface area (Å²) in [6.07, 6.45) is 0. The van der Waals surface area contributed by atoms with Crippen LogP contribution in [-0.2, 0) is 0 Å². The highest BCUT2D eigenvalue weighted by Gasteiger charge is 2.10. The highest BCUT2D eigenvalue weighted by Crippen LogP contribution is 1.97. The molecule has 0 saturated carbocycles. The topological polar surface area (TPSA) is 12.0 Å². The second-order valence-corrected chi connectivity index (χ2v) is 1.95. The molecule has 0 amide bonds. The second kappa shape index (κ2) is 1.19. The Balaban J connectivity index is 2.08. The van der Waals surface area contributed by atoms with Gasteiger partial charge < -0.3 is 5.32 Å². The Kier molecular flexibility index (Phi) is 0.830. The van der Waals surface area contributed by atoms with Gasteiger partial charge in [0, 0.05) is 18.3 Å². The molecule has 29 valence electrons. The van der Waals surface area contributed by atoms with Crippen molar-refractivity contribution in [3.63, 3.8) is 0 Å². The molecule has 0 bridgehead atoms. The lowest BCUT2D eigenvalue weighted by Gasteiger charge is -2.19. The summed E-state index contributed by atoms with van der Waals surface area (Å²) in [6.45, 7) is 2.10. The molecule has 1 nitrogen and oxygen atoms in total. The SMILES string of the molecule is [S]C1CNC1. The summed E-state index contributed by atoms with van der Waals surface area (Å²) in [7, 11) is 0. The van der Waals surface area contributed by atoms with Crippen molar-refractivity contribution in [1.29, 1.82) is 0 Å². The Hall–Kier alpha value is 0.310. The molecule has 1 heterocycles. The van der Waals surface area contributed by atoms with Crippen LogP contribution in [0.15, 0.2) is 0 Å². The zero-order valence-corrected chi connectivity index (χ0v) is 3.72. The zero-order chi connectivity index (χ0) is 3.70. The first-order chi connectivity index (χ1) is 2.39. The predicted molar refractivity (Wildman–Crippen MR) is 24.2 cm³/mol. The molecular weight excluding hydrogens is 82.1 g/mol. The molecule has 1 rings (SSSR count). The van der Waals surface area contributed by atoms with Gasteiger partial charge in [-0.1, -0.05) is 12.6 Å². The van der Waals surface area contributed by atoms with E-state index in [1.807, 2.05) is 0 Å². The Morgan fingerprint density at radius 1 is 1.60 bits per heavy atom. The standard InChI is InChI=1S/C3H6NS/c5-3-1-4-2-3/h3-4H,1-2H2. The molecule has 0 atom stereocenters. The van der Waals surface area contributed by atoms with Gasteiger partial charge in [0.15, 0.2) is 0 Å². The van der Waals surface area contributed by atoms with Gasteiger partial charge in [-0.25, -0.2) is 0 Å². The molecule has 0 spiro atoms. The van der Waals surface area contributed by atoms with Crippen LogP contribution in [-0.4, -0.2) is 18.3 Å².